The van der Waals surface area contributed by atoms with Crippen molar-refractivity contribution >= 4 is 105 Å². The average Bonchev–Trinajstić information content (AvgIpc) is 1.68. The molecule has 3 rings (SSSR count). The first-order valence-electron chi connectivity index (χ1n) is 44.9. The van der Waals surface area contributed by atoms with Gasteiger partial charge in [0.1, 0.15) is 78.5 Å². The van der Waals surface area contributed by atoms with Gasteiger partial charge in [0.2, 0.25) is 94.5 Å². The van der Waals surface area contributed by atoms with E-state index in [1.165, 1.54) is 6.92 Å². The fraction of sp³-hybridized carbons (Fsp3) is 0.659. The molecule has 2 aromatic carbocycles. The van der Waals surface area contributed by atoms with E-state index in [0.29, 0.717) is 94.7 Å². The summed E-state index contributed by atoms with van der Waals surface area (Å²) in [7, 11) is 0. The van der Waals surface area contributed by atoms with Gasteiger partial charge in [0, 0.05) is 29.9 Å². The molecule has 31 N–H and O–H groups in total. The Kier molecular flexibility index (Phi) is 51.6. The number of nitrogens with two attached hydrogens (primary N) is 8. The van der Waals surface area contributed by atoms with Crippen molar-refractivity contribution in [1.29, 1.82) is 0 Å². The molecule has 0 saturated carbocycles. The first kappa shape index (κ1) is 110. The number of fused-ring (bicyclic) bond motifs is 1. The van der Waals surface area contributed by atoms with Crippen molar-refractivity contribution in [3.63, 3.8) is 0 Å². The van der Waals surface area contributed by atoms with Crippen LogP contribution in [0.3, 0.4) is 0 Å². The standard InChI is InChI=1S/C88H149N23O16/c1-12-54(10)74(87(126)98-49-72(113)99-55(11)76(115)105-70(47-71(95)112)86(125)108-66(43-51(4)5)82(121)103-63(35-21-26-40-92)80(119)110-73(53(8)9)88(127)104-65(75(96)114)42-50(2)3)111-81(120)64(36-22-27-41-93)100-78(117)61(33-19-24-38-90)101-84(123)68(45-56-28-14-13-15-29-56)109-83(122)67(44-52(6)7)107-79(118)62(34-20-25-39-91)102-85(124)69(106-77(116)59(94)31-18-23-37-89)46-57-48-97-60-32-17-16-30-58(57)60/h13-17,28-30,32,48,50-55,59,61-70,73-74,97H,12,18-27,31,33-47,49,89-94H2,1-11H3,(H2,95,112)(H2,96,114)(H,98,126)(H,99,113)(H,100,117)(H,101,123)(H,102,124)(H,103,121)(H,104,127)(H,105,115)(H,106,116)(H,107,118)(H,108,125)(H,109,122)(H,110,119)(H,111,120)/t54-,55-,59-,61-,62-,63-,64-,65-,66-,67-,68-,69-,70-,73-,74-/m0/s1. The summed E-state index contributed by atoms with van der Waals surface area (Å²) in [4.78, 5) is 228. The van der Waals surface area contributed by atoms with Crippen LogP contribution in [0.15, 0.2) is 60.8 Å². The first-order valence-corrected chi connectivity index (χ1v) is 44.9. The molecular formula is C88H149N23O16. The molecule has 0 aliphatic heterocycles. The lowest BCUT2D eigenvalue weighted by atomic mass is 9.97. The number of nitrogens with one attached hydrogen (secondary N) is 15. The highest BCUT2D eigenvalue weighted by Gasteiger charge is 2.39. The van der Waals surface area contributed by atoms with Crippen LogP contribution in [0, 0.1) is 29.6 Å². The van der Waals surface area contributed by atoms with E-state index >= 15 is 4.79 Å². The molecule has 0 spiro atoms. The number of primary amides is 2. The summed E-state index contributed by atoms with van der Waals surface area (Å²) >= 11 is 0. The molecular weight excluding hydrogens is 1640 g/mol. The Morgan fingerprint density at radius 1 is 0.354 bits per heavy atom. The van der Waals surface area contributed by atoms with Crippen LogP contribution in [0.5, 0.6) is 0 Å². The second-order valence-corrected chi connectivity index (χ2v) is 34.5. The number of carbonyl (C=O) groups is 16. The minimum absolute atomic E-state index is 0.00660. The van der Waals surface area contributed by atoms with E-state index in [1.54, 1.807) is 78.1 Å². The zero-order valence-corrected chi connectivity index (χ0v) is 76.2. The van der Waals surface area contributed by atoms with Gasteiger partial charge in [-0.3, -0.25) is 76.7 Å². The third kappa shape index (κ3) is 41.3. The van der Waals surface area contributed by atoms with Gasteiger partial charge in [-0.05, 0) is 196 Å². The Balaban J connectivity index is 1.88. The third-order valence-corrected chi connectivity index (χ3v) is 21.6. The number of aromatic amines is 1. The molecule has 0 saturated heterocycles. The Hall–Kier alpha value is -10.7. The molecule has 16 amide bonds. The fourth-order valence-electron chi connectivity index (χ4n) is 14.1. The minimum atomic E-state index is -1.72. The summed E-state index contributed by atoms with van der Waals surface area (Å²) in [6.45, 7) is 19.4. The summed E-state index contributed by atoms with van der Waals surface area (Å²) in [5.74, 6) is -14.8. The van der Waals surface area contributed by atoms with Gasteiger partial charge in [-0.2, -0.15) is 0 Å². The van der Waals surface area contributed by atoms with Crippen LogP contribution in [0.2, 0.25) is 0 Å². The van der Waals surface area contributed by atoms with Crippen molar-refractivity contribution < 1.29 is 76.7 Å². The number of rotatable bonds is 64. The monoisotopic (exact) mass is 1780 g/mol. The van der Waals surface area contributed by atoms with E-state index < -0.39 is 204 Å². The van der Waals surface area contributed by atoms with Crippen LogP contribution in [-0.2, 0) is 89.6 Å². The highest BCUT2D eigenvalue weighted by atomic mass is 16.2. The second-order valence-electron chi connectivity index (χ2n) is 34.5. The molecule has 0 aliphatic rings. The highest BCUT2D eigenvalue weighted by Crippen LogP contribution is 2.22. The van der Waals surface area contributed by atoms with Gasteiger partial charge < -0.3 is 125 Å². The van der Waals surface area contributed by atoms with Crippen LogP contribution in [0.1, 0.15) is 216 Å². The Morgan fingerprint density at radius 2 is 0.717 bits per heavy atom. The first-order chi connectivity index (χ1) is 60.2. The molecule has 0 unspecified atom stereocenters. The molecule has 3 aromatic rings. The molecule has 0 radical (unpaired) electrons. The normalized spacial score (nSPS) is 15.0. The number of aromatic nitrogens is 1. The Bertz CT molecular complexity index is 4000. The molecule has 1 aromatic heterocycles. The predicted molar refractivity (Wildman–Crippen MR) is 484 cm³/mol. The zero-order valence-electron chi connectivity index (χ0n) is 76.2. The van der Waals surface area contributed by atoms with E-state index in [-0.39, 0.29) is 102 Å². The van der Waals surface area contributed by atoms with Gasteiger partial charge in [0.15, 0.2) is 0 Å². The van der Waals surface area contributed by atoms with Crippen molar-refractivity contribution in [3.8, 4) is 0 Å². The van der Waals surface area contributed by atoms with E-state index in [4.69, 9.17) is 45.9 Å². The molecule has 1 heterocycles. The summed E-state index contributed by atoms with van der Waals surface area (Å²) < 4.78 is 0. The summed E-state index contributed by atoms with van der Waals surface area (Å²) in [6.07, 6.45) is 6.12. The second kappa shape index (κ2) is 59.3. The number of para-hydroxylation sites is 1. The van der Waals surface area contributed by atoms with Crippen molar-refractivity contribution in [3.05, 3.63) is 71.9 Å². The maximum absolute atomic E-state index is 15.0. The number of hydrogen-bond acceptors (Lipinski definition) is 22. The van der Waals surface area contributed by atoms with Crippen molar-refractivity contribution in [2.45, 2.75) is 302 Å². The number of benzene rings is 2. The van der Waals surface area contributed by atoms with E-state index in [1.807, 2.05) is 52.0 Å². The van der Waals surface area contributed by atoms with Gasteiger partial charge >= 0.3 is 0 Å². The van der Waals surface area contributed by atoms with Crippen LogP contribution in [0.25, 0.3) is 10.9 Å². The van der Waals surface area contributed by atoms with E-state index in [2.05, 4.69) is 79.4 Å². The summed E-state index contributed by atoms with van der Waals surface area (Å²) in [6, 6.07) is -2.12. The van der Waals surface area contributed by atoms with Gasteiger partial charge in [-0.25, -0.2) is 0 Å². The summed E-state index contributed by atoms with van der Waals surface area (Å²) in [5, 5.41) is 38.4. The fourth-order valence-corrected chi connectivity index (χ4v) is 14.1. The quantitative estimate of drug-likeness (QED) is 0.0288. The van der Waals surface area contributed by atoms with E-state index in [9.17, 15) is 71.9 Å². The zero-order chi connectivity index (χ0) is 95.0. The maximum atomic E-state index is 15.0. The topological polar surface area (TPSA) is 665 Å². The molecule has 0 bridgehead atoms. The largest absolute Gasteiger partial charge is 0.370 e. The smallest absolute Gasteiger partial charge is 0.243 e. The number of H-pyrrole nitrogens is 1. The van der Waals surface area contributed by atoms with Crippen LogP contribution >= 0.6 is 0 Å². The van der Waals surface area contributed by atoms with Crippen LogP contribution < -0.4 is 120 Å². The lowest BCUT2D eigenvalue weighted by molar-refractivity contribution is -0.136. The van der Waals surface area contributed by atoms with Gasteiger partial charge in [0.25, 0.3) is 0 Å². The Morgan fingerprint density at radius 3 is 1.15 bits per heavy atom. The van der Waals surface area contributed by atoms with Gasteiger partial charge in [-0.1, -0.05) is 131 Å². The van der Waals surface area contributed by atoms with E-state index in [0.717, 1.165) is 10.9 Å². The third-order valence-electron chi connectivity index (χ3n) is 21.6. The lowest BCUT2D eigenvalue weighted by Gasteiger charge is -2.29. The predicted octanol–water partition coefficient (Wildman–Crippen LogP) is -1.43. The molecule has 15 atom stereocenters. The molecule has 127 heavy (non-hydrogen) atoms. The number of amides is 16. The minimum Gasteiger partial charge on any atom is -0.370 e. The SMILES string of the molecule is CC[C@H](C)[C@H](NC(=O)[C@H](CCCCN)NC(=O)[C@H](CCCCN)NC(=O)[C@H](Cc1ccccc1)NC(=O)[C@H](CC(C)C)NC(=O)[C@H](CCCCN)NC(=O)[C@H](Cc1c[nH]c2ccccc12)NC(=O)[C@@H](N)CCCCN)C(=O)NCC(=O)N[C@@H](C)C(=O)N[C@@H](CC(N)=O)C(=O)N[C@@H](CC(C)C)C(=O)N[C@@H](CCCCN)C(=O)N[C@H](C(=O)N[C@@H](CC(C)C)C(N)=O)C(C)C. The van der Waals surface area contributed by atoms with Gasteiger partial charge in [-0.15, -0.1) is 0 Å². The number of hydrogen-bond donors (Lipinski definition) is 23. The van der Waals surface area contributed by atoms with Gasteiger partial charge in [0.05, 0.1) is 19.0 Å². The lowest BCUT2D eigenvalue weighted by Crippen LogP contribution is -2.61. The molecule has 39 nitrogen and oxygen atoms in total. The molecule has 712 valence electrons. The molecule has 39 heteroatoms. The van der Waals surface area contributed by atoms with Crippen molar-refractivity contribution in [2.24, 2.45) is 75.5 Å². The maximum Gasteiger partial charge on any atom is 0.243 e. The molecule has 0 fully saturated rings. The van der Waals surface area contributed by atoms with Crippen LogP contribution in [-0.4, -0.2) is 223 Å². The summed E-state index contributed by atoms with van der Waals surface area (Å²) in [5.41, 5.74) is 48.8. The number of carbonyl (C=O) groups excluding carboxylic acids is 16. The number of unbranched alkanes of at least 4 members (excludes halogenated alkanes) is 5. The highest BCUT2D eigenvalue weighted by molar-refractivity contribution is 6.01. The van der Waals surface area contributed by atoms with Crippen molar-refractivity contribution in [1.82, 2.24) is 79.4 Å². The Labute approximate surface area is 746 Å². The van der Waals surface area contributed by atoms with Crippen LogP contribution in [0.4, 0.5) is 0 Å². The van der Waals surface area contributed by atoms with Crippen molar-refractivity contribution in [2.75, 3.05) is 39.3 Å². The molecule has 0 aliphatic carbocycles. The average molecular weight is 1790 g/mol.